The standard InChI is InChI=1S/C18H22N6S/c1-22-9-11-23(12-10-22)17(15-6-3-2-4-7-15)18-19-20-21-24(18)14-16-8-5-13-25-16/h2-8,13,17H,9-12,14H2,1H3/t17-/m0/s1. The van der Waals surface area contributed by atoms with E-state index in [1.54, 1.807) is 11.3 Å². The summed E-state index contributed by atoms with van der Waals surface area (Å²) in [6.07, 6.45) is 0. The number of nitrogens with zero attached hydrogens (tertiary/aromatic N) is 6. The first-order chi connectivity index (χ1) is 12.3. The third kappa shape index (κ3) is 3.63. The van der Waals surface area contributed by atoms with Crippen LogP contribution in [0.3, 0.4) is 0 Å². The van der Waals surface area contributed by atoms with E-state index in [4.69, 9.17) is 0 Å². The van der Waals surface area contributed by atoms with Crippen molar-refractivity contribution in [1.82, 2.24) is 30.0 Å². The van der Waals surface area contributed by atoms with Crippen molar-refractivity contribution in [2.24, 2.45) is 0 Å². The number of rotatable bonds is 5. The molecule has 0 radical (unpaired) electrons. The van der Waals surface area contributed by atoms with E-state index in [9.17, 15) is 0 Å². The van der Waals surface area contributed by atoms with Crippen LogP contribution in [0.1, 0.15) is 22.3 Å². The third-order valence-electron chi connectivity index (χ3n) is 4.71. The quantitative estimate of drug-likeness (QED) is 0.702. The van der Waals surface area contributed by atoms with E-state index >= 15 is 0 Å². The molecule has 1 saturated heterocycles. The fourth-order valence-corrected chi connectivity index (χ4v) is 3.99. The van der Waals surface area contributed by atoms with Gasteiger partial charge in [-0.2, -0.15) is 0 Å². The molecular weight excluding hydrogens is 332 g/mol. The molecule has 0 amide bonds. The Balaban J connectivity index is 1.68. The number of piperazine rings is 1. The van der Waals surface area contributed by atoms with Gasteiger partial charge >= 0.3 is 0 Å². The zero-order chi connectivity index (χ0) is 17.1. The molecule has 0 spiro atoms. The van der Waals surface area contributed by atoms with Gasteiger partial charge in [0.05, 0.1) is 12.6 Å². The smallest absolute Gasteiger partial charge is 0.173 e. The molecule has 0 bridgehead atoms. The van der Waals surface area contributed by atoms with E-state index in [0.717, 1.165) is 38.5 Å². The summed E-state index contributed by atoms with van der Waals surface area (Å²) in [7, 11) is 2.18. The number of hydrogen-bond donors (Lipinski definition) is 0. The van der Waals surface area contributed by atoms with E-state index in [-0.39, 0.29) is 6.04 Å². The molecule has 1 fully saturated rings. The highest BCUT2D eigenvalue weighted by Crippen LogP contribution is 2.28. The Morgan fingerprint density at radius 2 is 1.84 bits per heavy atom. The molecule has 25 heavy (non-hydrogen) atoms. The Morgan fingerprint density at radius 1 is 1.04 bits per heavy atom. The van der Waals surface area contributed by atoms with Crippen LogP contribution < -0.4 is 0 Å². The van der Waals surface area contributed by atoms with Gasteiger partial charge in [0.2, 0.25) is 0 Å². The summed E-state index contributed by atoms with van der Waals surface area (Å²) >= 11 is 1.74. The first-order valence-electron chi connectivity index (χ1n) is 8.57. The highest BCUT2D eigenvalue weighted by atomic mass is 32.1. The SMILES string of the molecule is CN1CCN([C@@H](c2ccccc2)c2nnnn2Cc2cccs2)CC1. The normalized spacial score (nSPS) is 17.6. The van der Waals surface area contributed by atoms with Gasteiger partial charge in [0, 0.05) is 31.1 Å². The first kappa shape index (κ1) is 16.4. The molecule has 1 aromatic carbocycles. The lowest BCUT2D eigenvalue weighted by molar-refractivity contribution is 0.121. The van der Waals surface area contributed by atoms with Crippen molar-refractivity contribution < 1.29 is 0 Å². The van der Waals surface area contributed by atoms with Crippen molar-refractivity contribution in [3.8, 4) is 0 Å². The molecule has 0 N–H and O–H groups in total. The van der Waals surface area contributed by atoms with Crippen LogP contribution in [0.15, 0.2) is 47.8 Å². The molecule has 7 heteroatoms. The van der Waals surface area contributed by atoms with Gasteiger partial charge in [-0.15, -0.1) is 16.4 Å². The topological polar surface area (TPSA) is 50.1 Å². The Bertz CT molecular complexity index is 777. The van der Waals surface area contributed by atoms with Crippen LogP contribution in [0, 0.1) is 0 Å². The van der Waals surface area contributed by atoms with Gasteiger partial charge in [-0.05, 0) is 34.5 Å². The van der Waals surface area contributed by atoms with Crippen LogP contribution in [-0.2, 0) is 6.54 Å². The molecule has 0 aliphatic carbocycles. The minimum Gasteiger partial charge on any atom is -0.304 e. The second-order valence-corrected chi connectivity index (χ2v) is 7.46. The molecule has 6 nitrogen and oxygen atoms in total. The number of hydrogen-bond acceptors (Lipinski definition) is 6. The average Bonchev–Trinajstić information content (AvgIpc) is 3.31. The predicted molar refractivity (Wildman–Crippen MR) is 98.6 cm³/mol. The Kier molecular flexibility index (Phi) is 4.87. The van der Waals surface area contributed by atoms with Gasteiger partial charge < -0.3 is 4.90 Å². The number of benzene rings is 1. The molecule has 1 aliphatic rings. The molecule has 3 heterocycles. The average molecular weight is 354 g/mol. The van der Waals surface area contributed by atoms with Gasteiger partial charge in [0.15, 0.2) is 5.82 Å². The van der Waals surface area contributed by atoms with Crippen molar-refractivity contribution in [1.29, 1.82) is 0 Å². The van der Waals surface area contributed by atoms with E-state index in [1.807, 2.05) is 4.68 Å². The highest BCUT2D eigenvalue weighted by molar-refractivity contribution is 7.09. The summed E-state index contributed by atoms with van der Waals surface area (Å²) in [6.45, 7) is 4.88. The van der Waals surface area contributed by atoms with E-state index in [2.05, 4.69) is 80.2 Å². The number of aromatic nitrogens is 4. The fraction of sp³-hybridized carbons (Fsp3) is 0.389. The molecule has 0 unspecified atom stereocenters. The van der Waals surface area contributed by atoms with Gasteiger partial charge in [-0.25, -0.2) is 4.68 Å². The van der Waals surface area contributed by atoms with Gasteiger partial charge in [0.25, 0.3) is 0 Å². The van der Waals surface area contributed by atoms with Crippen LogP contribution >= 0.6 is 11.3 Å². The summed E-state index contributed by atoms with van der Waals surface area (Å²) in [5.41, 5.74) is 1.24. The summed E-state index contributed by atoms with van der Waals surface area (Å²) in [4.78, 5) is 6.12. The summed E-state index contributed by atoms with van der Waals surface area (Å²) in [5, 5.41) is 14.8. The Labute approximate surface area is 151 Å². The van der Waals surface area contributed by atoms with Crippen molar-refractivity contribution >= 4 is 11.3 Å². The van der Waals surface area contributed by atoms with Crippen LogP contribution in [0.5, 0.6) is 0 Å². The van der Waals surface area contributed by atoms with Crippen LogP contribution in [0.2, 0.25) is 0 Å². The lowest BCUT2D eigenvalue weighted by Gasteiger charge is -2.37. The number of thiophene rings is 1. The monoisotopic (exact) mass is 354 g/mol. The molecule has 0 saturated carbocycles. The minimum atomic E-state index is 0.0878. The second-order valence-electron chi connectivity index (χ2n) is 6.43. The Hall–Kier alpha value is -2.09. The second kappa shape index (κ2) is 7.43. The fourth-order valence-electron chi connectivity index (χ4n) is 3.31. The predicted octanol–water partition coefficient (Wildman–Crippen LogP) is 2.12. The maximum absolute atomic E-state index is 4.42. The third-order valence-corrected chi connectivity index (χ3v) is 5.57. The van der Waals surface area contributed by atoms with Crippen LogP contribution in [-0.4, -0.2) is 63.2 Å². The maximum atomic E-state index is 4.42. The zero-order valence-corrected chi connectivity index (χ0v) is 15.1. The lowest BCUT2D eigenvalue weighted by Crippen LogP contribution is -2.46. The minimum absolute atomic E-state index is 0.0878. The molecule has 130 valence electrons. The first-order valence-corrected chi connectivity index (χ1v) is 9.45. The Morgan fingerprint density at radius 3 is 2.56 bits per heavy atom. The van der Waals surface area contributed by atoms with Gasteiger partial charge in [-0.1, -0.05) is 36.4 Å². The molecule has 2 aromatic heterocycles. The van der Waals surface area contributed by atoms with Crippen molar-refractivity contribution in [3.63, 3.8) is 0 Å². The molecule has 1 atom stereocenters. The van der Waals surface area contributed by atoms with Crippen molar-refractivity contribution in [3.05, 3.63) is 64.1 Å². The molecular formula is C18H22N6S. The molecule has 3 aromatic rings. The number of likely N-dealkylation sites (N-methyl/N-ethyl adjacent to an activating group) is 1. The lowest BCUT2D eigenvalue weighted by atomic mass is 10.0. The van der Waals surface area contributed by atoms with E-state index < -0.39 is 0 Å². The van der Waals surface area contributed by atoms with Crippen LogP contribution in [0.4, 0.5) is 0 Å². The highest BCUT2D eigenvalue weighted by Gasteiger charge is 2.29. The van der Waals surface area contributed by atoms with E-state index in [1.165, 1.54) is 10.4 Å². The van der Waals surface area contributed by atoms with Crippen molar-refractivity contribution in [2.75, 3.05) is 33.2 Å². The summed E-state index contributed by atoms with van der Waals surface area (Å²) < 4.78 is 1.95. The van der Waals surface area contributed by atoms with Crippen molar-refractivity contribution in [2.45, 2.75) is 12.6 Å². The summed E-state index contributed by atoms with van der Waals surface area (Å²) in [6, 6.07) is 14.9. The summed E-state index contributed by atoms with van der Waals surface area (Å²) in [5.74, 6) is 0.921. The molecule has 4 rings (SSSR count). The van der Waals surface area contributed by atoms with Gasteiger partial charge in [-0.3, -0.25) is 4.90 Å². The van der Waals surface area contributed by atoms with Crippen LogP contribution in [0.25, 0.3) is 0 Å². The largest absolute Gasteiger partial charge is 0.304 e. The maximum Gasteiger partial charge on any atom is 0.173 e. The zero-order valence-electron chi connectivity index (χ0n) is 14.3. The van der Waals surface area contributed by atoms with Gasteiger partial charge in [0.1, 0.15) is 0 Å². The number of tetrazole rings is 1. The van der Waals surface area contributed by atoms with E-state index in [0.29, 0.717) is 0 Å². The molecule has 1 aliphatic heterocycles.